The first-order valence-corrected chi connectivity index (χ1v) is 4.52. The van der Waals surface area contributed by atoms with E-state index in [-0.39, 0.29) is 10.5 Å². The van der Waals surface area contributed by atoms with Crippen LogP contribution in [0, 0.1) is 5.41 Å². The highest BCUT2D eigenvalue weighted by atomic mass is 32.2. The molecule has 0 spiro atoms. The van der Waals surface area contributed by atoms with Gasteiger partial charge in [0.05, 0.1) is 4.90 Å². The molecule has 12 heavy (non-hydrogen) atoms. The molecule has 0 amide bonds. The van der Waals surface area contributed by atoms with Gasteiger partial charge in [-0.25, -0.2) is 8.42 Å². The molecule has 1 rings (SSSR count). The van der Waals surface area contributed by atoms with Gasteiger partial charge in [0, 0.05) is 11.8 Å². The Morgan fingerprint density at radius 2 is 1.92 bits per heavy atom. The lowest BCUT2D eigenvalue weighted by molar-refractivity contribution is 0.463. The van der Waals surface area contributed by atoms with Crippen LogP contribution in [0.15, 0.2) is 29.2 Å². The van der Waals surface area contributed by atoms with Crippen LogP contribution >= 0.6 is 0 Å². The SMILES string of the molecule is N=Cc1ccccc1S(=O)(=O)[O-]. The number of hydrogen-bond acceptors (Lipinski definition) is 4. The highest BCUT2D eigenvalue weighted by Crippen LogP contribution is 2.11. The molecule has 0 aliphatic rings. The van der Waals surface area contributed by atoms with Crippen LogP contribution in [0.2, 0.25) is 0 Å². The standard InChI is InChI=1S/C7H7NO3S/c8-5-6-3-1-2-4-7(6)12(9,10)11/h1-5,8H,(H,9,10,11)/p-1. The molecule has 4 nitrogen and oxygen atoms in total. The first kappa shape index (κ1) is 8.89. The summed E-state index contributed by atoms with van der Waals surface area (Å²) in [6.07, 6.45) is 0.838. The lowest BCUT2D eigenvalue weighted by Gasteiger charge is -2.08. The van der Waals surface area contributed by atoms with Crippen LogP contribution in [-0.4, -0.2) is 19.2 Å². The van der Waals surface area contributed by atoms with Crippen molar-refractivity contribution in [2.75, 3.05) is 0 Å². The summed E-state index contributed by atoms with van der Waals surface area (Å²) < 4.78 is 31.7. The Bertz CT molecular complexity index is 397. The largest absolute Gasteiger partial charge is 0.744 e. The zero-order valence-electron chi connectivity index (χ0n) is 6.02. The van der Waals surface area contributed by atoms with E-state index in [0.717, 1.165) is 6.21 Å². The molecule has 64 valence electrons. The highest BCUT2D eigenvalue weighted by Gasteiger charge is 2.04. The van der Waals surface area contributed by atoms with Crippen molar-refractivity contribution in [3.63, 3.8) is 0 Å². The van der Waals surface area contributed by atoms with E-state index in [9.17, 15) is 13.0 Å². The zero-order chi connectivity index (χ0) is 9.19. The van der Waals surface area contributed by atoms with Crippen molar-refractivity contribution in [1.82, 2.24) is 0 Å². The van der Waals surface area contributed by atoms with E-state index in [1.54, 1.807) is 6.07 Å². The molecular formula is C7H6NO3S-. The third kappa shape index (κ3) is 1.69. The maximum Gasteiger partial charge on any atom is 0.125 e. The van der Waals surface area contributed by atoms with Crippen molar-refractivity contribution in [1.29, 1.82) is 5.41 Å². The molecule has 1 aromatic rings. The lowest BCUT2D eigenvalue weighted by atomic mass is 10.2. The molecule has 0 unspecified atom stereocenters. The van der Waals surface area contributed by atoms with Crippen LogP contribution in [-0.2, 0) is 10.1 Å². The summed E-state index contributed by atoms with van der Waals surface area (Å²) in [7, 11) is -4.45. The van der Waals surface area contributed by atoms with Gasteiger partial charge in [-0.15, -0.1) is 0 Å². The molecule has 0 heterocycles. The molecule has 1 aromatic carbocycles. The van der Waals surface area contributed by atoms with Crippen molar-refractivity contribution < 1.29 is 13.0 Å². The topological polar surface area (TPSA) is 81.0 Å². The lowest BCUT2D eigenvalue weighted by Crippen LogP contribution is -2.02. The van der Waals surface area contributed by atoms with Crippen molar-refractivity contribution in [2.45, 2.75) is 4.90 Å². The number of hydrogen-bond donors (Lipinski definition) is 1. The first-order valence-electron chi connectivity index (χ1n) is 3.11. The quantitative estimate of drug-likeness (QED) is 0.539. The van der Waals surface area contributed by atoms with Crippen molar-refractivity contribution in [3.05, 3.63) is 29.8 Å². The van der Waals surface area contributed by atoms with Crippen LogP contribution < -0.4 is 0 Å². The van der Waals surface area contributed by atoms with Crippen LogP contribution in [0.5, 0.6) is 0 Å². The average molecular weight is 184 g/mol. The minimum atomic E-state index is -4.45. The van der Waals surface area contributed by atoms with Gasteiger partial charge in [0.1, 0.15) is 10.1 Å². The van der Waals surface area contributed by atoms with Gasteiger partial charge < -0.3 is 9.96 Å². The number of nitrogens with one attached hydrogen (secondary N) is 1. The summed E-state index contributed by atoms with van der Waals surface area (Å²) in [6, 6.07) is 5.59. The van der Waals surface area contributed by atoms with E-state index < -0.39 is 10.1 Å². The molecular weight excluding hydrogens is 178 g/mol. The molecule has 0 saturated heterocycles. The molecule has 0 fully saturated rings. The van der Waals surface area contributed by atoms with E-state index in [2.05, 4.69) is 0 Å². The molecule has 0 atom stereocenters. The second-order valence-corrected chi connectivity index (χ2v) is 3.48. The Labute approximate surface area is 70.1 Å². The Balaban J connectivity index is 3.43. The monoisotopic (exact) mass is 184 g/mol. The molecule has 5 heteroatoms. The fourth-order valence-corrected chi connectivity index (χ4v) is 1.49. The van der Waals surface area contributed by atoms with Gasteiger partial charge in [0.15, 0.2) is 0 Å². The first-order chi connectivity index (χ1) is 5.55. The van der Waals surface area contributed by atoms with E-state index in [1.807, 2.05) is 0 Å². The van der Waals surface area contributed by atoms with Gasteiger partial charge >= 0.3 is 0 Å². The van der Waals surface area contributed by atoms with E-state index in [0.29, 0.717) is 0 Å². The van der Waals surface area contributed by atoms with E-state index in [4.69, 9.17) is 5.41 Å². The van der Waals surface area contributed by atoms with Gasteiger partial charge in [-0.05, 0) is 6.07 Å². The van der Waals surface area contributed by atoms with Crippen molar-refractivity contribution >= 4 is 16.3 Å². The average Bonchev–Trinajstić information content (AvgIpc) is 2.03. The molecule has 0 aromatic heterocycles. The third-order valence-electron chi connectivity index (χ3n) is 1.34. The Kier molecular flexibility index (Phi) is 2.25. The highest BCUT2D eigenvalue weighted by molar-refractivity contribution is 7.85. The molecule has 1 N–H and O–H groups in total. The summed E-state index contributed by atoms with van der Waals surface area (Å²) >= 11 is 0. The summed E-state index contributed by atoms with van der Waals surface area (Å²) in [6.45, 7) is 0. The second kappa shape index (κ2) is 3.04. The normalized spacial score (nSPS) is 11.1. The zero-order valence-corrected chi connectivity index (χ0v) is 6.84. The molecule has 0 radical (unpaired) electrons. The summed E-state index contributed by atoms with van der Waals surface area (Å²) in [5.41, 5.74) is 0.118. The van der Waals surface area contributed by atoms with Crippen molar-refractivity contribution in [2.24, 2.45) is 0 Å². The summed E-state index contributed by atoms with van der Waals surface area (Å²) in [5, 5.41) is 6.84. The van der Waals surface area contributed by atoms with Gasteiger partial charge in [-0.3, -0.25) is 0 Å². The van der Waals surface area contributed by atoms with Gasteiger partial charge in [0.2, 0.25) is 0 Å². The van der Waals surface area contributed by atoms with Gasteiger partial charge in [0.25, 0.3) is 0 Å². The van der Waals surface area contributed by atoms with E-state index >= 15 is 0 Å². The van der Waals surface area contributed by atoms with Gasteiger partial charge in [-0.2, -0.15) is 0 Å². The Hall–Kier alpha value is -1.20. The predicted octanol–water partition coefficient (Wildman–Crippen LogP) is 0.588. The Morgan fingerprint density at radius 3 is 2.33 bits per heavy atom. The molecule has 0 aliphatic heterocycles. The smallest absolute Gasteiger partial charge is 0.125 e. The predicted molar refractivity (Wildman–Crippen MR) is 42.3 cm³/mol. The number of benzene rings is 1. The minimum Gasteiger partial charge on any atom is -0.744 e. The maximum absolute atomic E-state index is 10.6. The van der Waals surface area contributed by atoms with Gasteiger partial charge in [-0.1, -0.05) is 18.2 Å². The Morgan fingerprint density at radius 1 is 1.33 bits per heavy atom. The minimum absolute atomic E-state index is 0.118. The third-order valence-corrected chi connectivity index (χ3v) is 2.25. The van der Waals surface area contributed by atoms with Crippen LogP contribution in [0.25, 0.3) is 0 Å². The molecule has 0 bridgehead atoms. The molecule has 0 saturated carbocycles. The van der Waals surface area contributed by atoms with Crippen LogP contribution in [0.3, 0.4) is 0 Å². The fourth-order valence-electron chi connectivity index (χ4n) is 0.827. The van der Waals surface area contributed by atoms with Crippen LogP contribution in [0.4, 0.5) is 0 Å². The summed E-state index contributed by atoms with van der Waals surface area (Å²) in [5.74, 6) is 0. The number of rotatable bonds is 2. The van der Waals surface area contributed by atoms with E-state index in [1.165, 1.54) is 18.2 Å². The second-order valence-electron chi connectivity index (χ2n) is 2.14. The summed E-state index contributed by atoms with van der Waals surface area (Å²) in [4.78, 5) is -0.347. The fraction of sp³-hybridized carbons (Fsp3) is 0. The molecule has 0 aliphatic carbocycles. The van der Waals surface area contributed by atoms with Crippen molar-refractivity contribution in [3.8, 4) is 0 Å². The van der Waals surface area contributed by atoms with Crippen LogP contribution in [0.1, 0.15) is 5.56 Å². The maximum atomic E-state index is 10.6.